The monoisotopic (exact) mass is 478 g/mol. The first-order valence-electron chi connectivity index (χ1n) is 9.83. The van der Waals surface area contributed by atoms with E-state index in [1.165, 1.54) is 39.5 Å². The molecule has 0 heterocycles. The van der Waals surface area contributed by atoms with Gasteiger partial charge in [0.15, 0.2) is 6.10 Å². The third-order valence-electron chi connectivity index (χ3n) is 4.68. The minimum absolute atomic E-state index is 0.0650. The summed E-state index contributed by atoms with van der Waals surface area (Å²) in [6.07, 6.45) is 0.513. The number of nitrogens with one attached hydrogen (secondary N) is 1. The topological polar surface area (TPSA) is 128 Å². The molecule has 0 radical (unpaired) electrons. The lowest BCUT2D eigenvalue weighted by molar-refractivity contribution is -0.122. The van der Waals surface area contributed by atoms with Gasteiger partial charge in [0.2, 0.25) is 10.0 Å². The van der Waals surface area contributed by atoms with Crippen LogP contribution < -0.4 is 14.4 Å². The molecule has 33 heavy (non-hydrogen) atoms. The van der Waals surface area contributed by atoms with Crippen LogP contribution in [-0.4, -0.2) is 59.9 Å². The van der Waals surface area contributed by atoms with Gasteiger partial charge >= 0.3 is 11.9 Å². The largest absolute Gasteiger partial charge is 0.481 e. The first-order chi connectivity index (χ1) is 15.5. The van der Waals surface area contributed by atoms with Gasteiger partial charge in [0, 0.05) is 12.7 Å². The fourth-order valence-electron chi connectivity index (χ4n) is 2.81. The van der Waals surface area contributed by atoms with Crippen LogP contribution in [0.1, 0.15) is 34.1 Å². The molecule has 2 aromatic carbocycles. The molecule has 1 amide bonds. The Morgan fingerprint density at radius 1 is 0.970 bits per heavy atom. The number of nitrogens with zero attached hydrogens (tertiary/aromatic N) is 1. The number of methoxy groups -OCH3 is 2. The van der Waals surface area contributed by atoms with Crippen molar-refractivity contribution in [2.45, 2.75) is 19.4 Å². The summed E-state index contributed by atoms with van der Waals surface area (Å²) in [4.78, 5) is 36.7. The fraction of sp³-hybridized carbons (Fsp3) is 0.318. The minimum atomic E-state index is -3.41. The smallest absolute Gasteiger partial charge is 0.337 e. The maximum Gasteiger partial charge on any atom is 0.337 e. The van der Waals surface area contributed by atoms with Crippen LogP contribution in [0.25, 0.3) is 0 Å². The molecular weight excluding hydrogens is 452 g/mol. The summed E-state index contributed by atoms with van der Waals surface area (Å²) < 4.78 is 39.6. The molecule has 0 bridgehead atoms. The molecule has 0 fully saturated rings. The number of amides is 1. The number of esters is 2. The van der Waals surface area contributed by atoms with Crippen molar-refractivity contribution in [3.05, 3.63) is 53.6 Å². The summed E-state index contributed by atoms with van der Waals surface area (Å²) in [7, 11) is 0.423. The molecule has 0 aliphatic carbocycles. The average Bonchev–Trinajstić information content (AvgIpc) is 2.80. The zero-order chi connectivity index (χ0) is 24.8. The van der Waals surface area contributed by atoms with Crippen LogP contribution in [0.3, 0.4) is 0 Å². The van der Waals surface area contributed by atoms with Gasteiger partial charge in [-0.15, -0.1) is 0 Å². The molecule has 2 rings (SSSR count). The van der Waals surface area contributed by atoms with Crippen molar-refractivity contribution in [2.24, 2.45) is 0 Å². The number of hydrogen-bond donors (Lipinski definition) is 1. The van der Waals surface area contributed by atoms with Crippen LogP contribution in [0.15, 0.2) is 42.5 Å². The maximum absolute atomic E-state index is 12.8. The summed E-state index contributed by atoms with van der Waals surface area (Å²) in [5.74, 6) is -1.51. The van der Waals surface area contributed by atoms with Crippen molar-refractivity contribution in [3.63, 3.8) is 0 Å². The van der Waals surface area contributed by atoms with Crippen molar-refractivity contribution in [2.75, 3.05) is 37.1 Å². The highest BCUT2D eigenvalue weighted by atomic mass is 32.2. The number of ether oxygens (including phenoxy) is 3. The fourth-order valence-corrected chi connectivity index (χ4v) is 3.31. The Labute approximate surface area is 192 Å². The Balaban J connectivity index is 2.21. The normalized spacial score (nSPS) is 11.8. The molecule has 10 nitrogen and oxygen atoms in total. The van der Waals surface area contributed by atoms with Crippen LogP contribution in [0.4, 0.5) is 11.4 Å². The quantitative estimate of drug-likeness (QED) is 0.544. The van der Waals surface area contributed by atoms with Gasteiger partial charge in [0.05, 0.1) is 37.3 Å². The first kappa shape index (κ1) is 25.7. The van der Waals surface area contributed by atoms with Crippen LogP contribution in [0.5, 0.6) is 5.75 Å². The van der Waals surface area contributed by atoms with Crippen LogP contribution in [0.2, 0.25) is 0 Å². The van der Waals surface area contributed by atoms with Crippen molar-refractivity contribution in [3.8, 4) is 5.75 Å². The van der Waals surface area contributed by atoms with E-state index in [0.717, 1.165) is 10.6 Å². The summed E-state index contributed by atoms with van der Waals surface area (Å²) in [6, 6.07) is 10.3. The lowest BCUT2D eigenvalue weighted by atomic mass is 10.1. The maximum atomic E-state index is 12.8. The molecule has 1 atom stereocenters. The Morgan fingerprint density at radius 3 is 1.91 bits per heavy atom. The number of benzene rings is 2. The van der Waals surface area contributed by atoms with Crippen molar-refractivity contribution >= 4 is 39.2 Å². The number of carbonyl (C=O) groups is 3. The second kappa shape index (κ2) is 10.8. The number of carbonyl (C=O) groups excluding carboxylic acids is 3. The number of anilines is 2. The molecule has 11 heteroatoms. The van der Waals surface area contributed by atoms with Gasteiger partial charge in [-0.1, -0.05) is 6.92 Å². The lowest BCUT2D eigenvalue weighted by Gasteiger charge is -2.20. The molecule has 0 spiro atoms. The minimum Gasteiger partial charge on any atom is -0.481 e. The Morgan fingerprint density at radius 2 is 1.48 bits per heavy atom. The predicted octanol–water partition coefficient (Wildman–Crippen LogP) is 2.45. The summed E-state index contributed by atoms with van der Waals surface area (Å²) in [5, 5.41) is 2.63. The van der Waals surface area contributed by atoms with Gasteiger partial charge in [0.25, 0.3) is 5.91 Å². The van der Waals surface area contributed by atoms with Crippen LogP contribution in [0, 0.1) is 0 Å². The van der Waals surface area contributed by atoms with Crippen molar-refractivity contribution in [1.29, 1.82) is 0 Å². The predicted molar refractivity (Wildman–Crippen MR) is 122 cm³/mol. The van der Waals surface area contributed by atoms with E-state index in [1.807, 2.05) is 0 Å². The molecule has 178 valence electrons. The summed E-state index contributed by atoms with van der Waals surface area (Å²) in [6.45, 7) is 1.75. The van der Waals surface area contributed by atoms with E-state index in [-0.39, 0.29) is 16.8 Å². The number of rotatable bonds is 9. The van der Waals surface area contributed by atoms with E-state index in [9.17, 15) is 22.8 Å². The van der Waals surface area contributed by atoms with Crippen LogP contribution >= 0.6 is 0 Å². The second-order valence-electron chi connectivity index (χ2n) is 7.01. The van der Waals surface area contributed by atoms with Gasteiger partial charge in [0.1, 0.15) is 5.75 Å². The highest BCUT2D eigenvalue weighted by Gasteiger charge is 2.21. The highest BCUT2D eigenvalue weighted by molar-refractivity contribution is 7.92. The third kappa shape index (κ3) is 6.69. The molecule has 0 aliphatic rings. The van der Waals surface area contributed by atoms with Gasteiger partial charge in [-0.05, 0) is 48.9 Å². The number of hydrogen-bond acceptors (Lipinski definition) is 8. The van der Waals surface area contributed by atoms with E-state index >= 15 is 0 Å². The molecule has 0 saturated carbocycles. The zero-order valence-electron chi connectivity index (χ0n) is 18.9. The Bertz CT molecular complexity index is 1100. The lowest BCUT2D eigenvalue weighted by Crippen LogP contribution is -2.32. The van der Waals surface area contributed by atoms with Gasteiger partial charge in [-0.25, -0.2) is 18.0 Å². The van der Waals surface area contributed by atoms with E-state index in [2.05, 4.69) is 5.32 Å². The molecule has 0 aromatic heterocycles. The van der Waals surface area contributed by atoms with E-state index in [4.69, 9.17) is 14.2 Å². The highest BCUT2D eigenvalue weighted by Crippen LogP contribution is 2.22. The average molecular weight is 479 g/mol. The molecule has 0 saturated heterocycles. The van der Waals surface area contributed by atoms with E-state index in [1.54, 1.807) is 31.2 Å². The van der Waals surface area contributed by atoms with Crippen molar-refractivity contribution in [1.82, 2.24) is 0 Å². The number of sulfonamides is 1. The Hall–Kier alpha value is -3.60. The second-order valence-corrected chi connectivity index (χ2v) is 9.02. The van der Waals surface area contributed by atoms with Crippen LogP contribution in [-0.2, 0) is 24.3 Å². The zero-order valence-corrected chi connectivity index (χ0v) is 19.8. The molecule has 0 aliphatic heterocycles. The van der Waals surface area contributed by atoms with Crippen molar-refractivity contribution < 1.29 is 37.0 Å². The standard InChI is InChI=1S/C22H26N2O8S/c1-6-19(32-18-9-7-17(8-10-18)24(2)33(5,28)29)20(25)23-16-12-14(21(26)30-3)11-15(13-16)22(27)31-4/h7-13,19H,6H2,1-5H3,(H,23,25)/t19-/m1/s1. The molecular formula is C22H26N2O8S. The third-order valence-corrected chi connectivity index (χ3v) is 5.89. The molecule has 0 unspecified atom stereocenters. The first-order valence-corrected chi connectivity index (χ1v) is 11.7. The summed E-state index contributed by atoms with van der Waals surface area (Å²) >= 11 is 0. The Kier molecular flexibility index (Phi) is 8.41. The molecule has 1 N–H and O–H groups in total. The van der Waals surface area contributed by atoms with Gasteiger partial charge in [-0.2, -0.15) is 0 Å². The summed E-state index contributed by atoms with van der Waals surface area (Å²) in [5.41, 5.74) is 0.762. The van der Waals surface area contributed by atoms with Gasteiger partial charge in [-0.3, -0.25) is 9.10 Å². The van der Waals surface area contributed by atoms with Gasteiger partial charge < -0.3 is 19.5 Å². The van der Waals surface area contributed by atoms with E-state index in [0.29, 0.717) is 17.9 Å². The van der Waals surface area contributed by atoms with E-state index < -0.39 is 34.0 Å². The SMILES string of the molecule is CC[C@@H](Oc1ccc(N(C)S(C)(=O)=O)cc1)C(=O)Nc1cc(C(=O)OC)cc(C(=O)OC)c1. The molecule has 2 aromatic rings.